The molecule has 0 aliphatic carbocycles. The first-order valence-corrected chi connectivity index (χ1v) is 4.51. The van der Waals surface area contributed by atoms with Crippen LogP contribution in [0.25, 0.3) is 0 Å². The fourth-order valence-electron chi connectivity index (χ4n) is 0.792. The fourth-order valence-corrected chi connectivity index (χ4v) is 1.10. The van der Waals surface area contributed by atoms with Gasteiger partial charge in [0.05, 0.1) is 11.1 Å². The Bertz CT molecular complexity index is 300. The van der Waals surface area contributed by atoms with Crippen molar-refractivity contribution in [1.29, 1.82) is 0 Å². The lowest BCUT2D eigenvalue weighted by Gasteiger charge is -2.05. The smallest absolute Gasteiger partial charge is 0.355 e. The molecule has 1 N–H and O–H groups in total. The van der Waals surface area contributed by atoms with Crippen molar-refractivity contribution in [2.75, 3.05) is 0 Å². The number of rotatable bonds is 2. The molecule has 0 saturated carbocycles. The maximum absolute atomic E-state index is 11.2. The van der Waals surface area contributed by atoms with E-state index in [1.807, 2.05) is 0 Å². The van der Waals surface area contributed by atoms with Crippen LogP contribution in [0.2, 0.25) is 10.2 Å². The van der Waals surface area contributed by atoms with Gasteiger partial charge in [-0.25, -0.2) is 4.79 Å². The van der Waals surface area contributed by atoms with E-state index in [1.54, 1.807) is 13.8 Å². The van der Waals surface area contributed by atoms with E-state index in [0.29, 0.717) is 5.02 Å². The maximum Gasteiger partial charge on any atom is 0.355 e. The van der Waals surface area contributed by atoms with Gasteiger partial charge in [-0.3, -0.25) is 0 Å². The zero-order valence-electron chi connectivity index (χ0n) is 7.23. The Kier molecular flexibility index (Phi) is 3.22. The van der Waals surface area contributed by atoms with Crippen LogP contribution in [0.1, 0.15) is 24.3 Å². The maximum atomic E-state index is 11.2. The summed E-state index contributed by atoms with van der Waals surface area (Å²) in [5.41, 5.74) is 0.267. The van der Waals surface area contributed by atoms with E-state index in [4.69, 9.17) is 27.9 Å². The van der Waals surface area contributed by atoms with Crippen LogP contribution in [-0.4, -0.2) is 17.1 Å². The zero-order chi connectivity index (χ0) is 10.0. The van der Waals surface area contributed by atoms with Gasteiger partial charge in [-0.05, 0) is 19.9 Å². The van der Waals surface area contributed by atoms with Gasteiger partial charge in [-0.15, -0.1) is 0 Å². The molecule has 0 radical (unpaired) electrons. The summed E-state index contributed by atoms with van der Waals surface area (Å²) in [6.45, 7) is 3.54. The molecule has 13 heavy (non-hydrogen) atoms. The predicted octanol–water partition coefficient (Wildman–Crippen LogP) is 2.89. The van der Waals surface area contributed by atoms with E-state index >= 15 is 0 Å². The van der Waals surface area contributed by atoms with Gasteiger partial charge in [0.15, 0.2) is 0 Å². The van der Waals surface area contributed by atoms with Crippen molar-refractivity contribution >= 4 is 29.2 Å². The number of aromatic nitrogens is 1. The number of ether oxygens (including phenoxy) is 1. The molecule has 0 atom stereocenters. The van der Waals surface area contributed by atoms with E-state index < -0.39 is 5.97 Å². The molecule has 1 heterocycles. The topological polar surface area (TPSA) is 42.1 Å². The third kappa shape index (κ3) is 2.64. The average Bonchev–Trinajstić information content (AvgIpc) is 2.31. The quantitative estimate of drug-likeness (QED) is 0.781. The lowest BCUT2D eigenvalue weighted by molar-refractivity contribution is 0.0371. The Hall–Kier alpha value is -0.670. The van der Waals surface area contributed by atoms with Crippen molar-refractivity contribution in [3.8, 4) is 0 Å². The number of hydrogen-bond acceptors (Lipinski definition) is 2. The van der Waals surface area contributed by atoms with Crippen LogP contribution in [0.3, 0.4) is 0 Å². The Labute approximate surface area is 86.0 Å². The van der Waals surface area contributed by atoms with Crippen LogP contribution in [0.4, 0.5) is 0 Å². The summed E-state index contributed by atoms with van der Waals surface area (Å²) in [7, 11) is 0. The largest absolute Gasteiger partial charge is 0.458 e. The van der Waals surface area contributed by atoms with Gasteiger partial charge in [-0.2, -0.15) is 0 Å². The van der Waals surface area contributed by atoms with Crippen LogP contribution in [0.15, 0.2) is 6.07 Å². The highest BCUT2D eigenvalue weighted by Gasteiger charge is 2.13. The lowest BCUT2D eigenvalue weighted by Crippen LogP contribution is -2.11. The van der Waals surface area contributed by atoms with E-state index in [2.05, 4.69) is 4.98 Å². The number of H-pyrrole nitrogens is 1. The third-order valence-electron chi connectivity index (χ3n) is 1.29. The van der Waals surface area contributed by atoms with Crippen LogP contribution < -0.4 is 0 Å². The van der Waals surface area contributed by atoms with E-state index in [9.17, 15) is 4.79 Å². The van der Waals surface area contributed by atoms with Crippen molar-refractivity contribution in [1.82, 2.24) is 4.98 Å². The van der Waals surface area contributed by atoms with E-state index in [-0.39, 0.29) is 17.0 Å². The van der Waals surface area contributed by atoms with Gasteiger partial charge >= 0.3 is 5.97 Å². The Morgan fingerprint density at radius 1 is 1.54 bits per heavy atom. The number of hydrogen-bond donors (Lipinski definition) is 1. The fraction of sp³-hybridized carbons (Fsp3) is 0.375. The van der Waals surface area contributed by atoms with Crippen molar-refractivity contribution in [2.24, 2.45) is 0 Å². The highest BCUT2D eigenvalue weighted by Crippen LogP contribution is 2.22. The van der Waals surface area contributed by atoms with Crippen molar-refractivity contribution in [3.05, 3.63) is 21.9 Å². The number of carbonyl (C=O) groups is 1. The molecule has 0 aromatic carbocycles. The SMILES string of the molecule is CC(C)OC(=O)c1cc(Cl)c(Cl)[nH]1. The number of halogens is 2. The van der Waals surface area contributed by atoms with Crippen molar-refractivity contribution in [2.45, 2.75) is 20.0 Å². The summed E-state index contributed by atoms with van der Waals surface area (Å²) in [6.07, 6.45) is -0.159. The molecule has 0 saturated heterocycles. The van der Waals surface area contributed by atoms with E-state index in [0.717, 1.165) is 0 Å². The average molecular weight is 222 g/mol. The summed E-state index contributed by atoms with van der Waals surface area (Å²) >= 11 is 11.3. The number of carbonyl (C=O) groups excluding carboxylic acids is 1. The minimum atomic E-state index is -0.455. The summed E-state index contributed by atoms with van der Waals surface area (Å²) in [4.78, 5) is 13.9. The molecule has 1 aromatic rings. The number of nitrogens with one attached hydrogen (secondary N) is 1. The first kappa shape index (κ1) is 10.4. The monoisotopic (exact) mass is 221 g/mol. The Morgan fingerprint density at radius 3 is 2.54 bits per heavy atom. The van der Waals surface area contributed by atoms with Crippen LogP contribution in [0, 0.1) is 0 Å². The number of aromatic amines is 1. The van der Waals surface area contributed by atoms with Gasteiger partial charge in [0.25, 0.3) is 0 Å². The lowest BCUT2D eigenvalue weighted by atomic mass is 10.4. The minimum absolute atomic E-state index is 0.159. The Morgan fingerprint density at radius 2 is 2.15 bits per heavy atom. The molecule has 0 fully saturated rings. The zero-order valence-corrected chi connectivity index (χ0v) is 8.74. The van der Waals surface area contributed by atoms with Gasteiger partial charge in [-0.1, -0.05) is 23.2 Å². The van der Waals surface area contributed by atoms with Crippen molar-refractivity contribution in [3.63, 3.8) is 0 Å². The first-order chi connectivity index (χ1) is 6.00. The second-order valence-corrected chi connectivity index (χ2v) is 3.58. The second-order valence-electron chi connectivity index (χ2n) is 2.80. The molecule has 72 valence electrons. The standard InChI is InChI=1S/C8H9Cl2NO2/c1-4(2)13-8(12)6-3-5(9)7(10)11-6/h3-4,11H,1-2H3. The van der Waals surface area contributed by atoms with Crippen LogP contribution in [-0.2, 0) is 4.74 Å². The normalized spacial score (nSPS) is 10.5. The second kappa shape index (κ2) is 4.03. The summed E-state index contributed by atoms with van der Waals surface area (Å²) < 4.78 is 4.92. The summed E-state index contributed by atoms with van der Waals surface area (Å²) in [5.74, 6) is -0.455. The third-order valence-corrected chi connectivity index (χ3v) is 1.98. The minimum Gasteiger partial charge on any atom is -0.458 e. The molecule has 1 aromatic heterocycles. The van der Waals surface area contributed by atoms with Gasteiger partial charge in [0, 0.05) is 0 Å². The van der Waals surface area contributed by atoms with E-state index in [1.165, 1.54) is 6.07 Å². The molecular weight excluding hydrogens is 213 g/mol. The molecule has 0 aliphatic heterocycles. The molecule has 0 spiro atoms. The summed E-state index contributed by atoms with van der Waals surface area (Å²) in [6, 6.07) is 1.44. The molecular formula is C8H9Cl2NO2. The van der Waals surface area contributed by atoms with Crippen LogP contribution >= 0.6 is 23.2 Å². The van der Waals surface area contributed by atoms with Gasteiger partial charge in [0.2, 0.25) is 0 Å². The predicted molar refractivity (Wildman–Crippen MR) is 51.4 cm³/mol. The number of esters is 1. The highest BCUT2D eigenvalue weighted by atomic mass is 35.5. The summed E-state index contributed by atoms with van der Waals surface area (Å²) in [5, 5.41) is 0.565. The highest BCUT2D eigenvalue weighted by molar-refractivity contribution is 6.41. The molecule has 0 unspecified atom stereocenters. The molecule has 1 rings (SSSR count). The molecule has 0 amide bonds. The molecule has 5 heteroatoms. The first-order valence-electron chi connectivity index (χ1n) is 3.75. The van der Waals surface area contributed by atoms with Gasteiger partial charge < -0.3 is 9.72 Å². The molecule has 0 bridgehead atoms. The van der Waals surface area contributed by atoms with Crippen molar-refractivity contribution < 1.29 is 9.53 Å². The molecule has 0 aliphatic rings. The Balaban J connectivity index is 2.77. The molecule has 3 nitrogen and oxygen atoms in total. The van der Waals surface area contributed by atoms with Crippen LogP contribution in [0.5, 0.6) is 0 Å². The van der Waals surface area contributed by atoms with Gasteiger partial charge in [0.1, 0.15) is 10.8 Å².